The van der Waals surface area contributed by atoms with E-state index < -0.39 is 0 Å². The second-order valence-electron chi connectivity index (χ2n) is 4.06. The Balaban J connectivity index is 2.38. The van der Waals surface area contributed by atoms with E-state index in [1.165, 1.54) is 0 Å². The first kappa shape index (κ1) is 11.2. The highest BCUT2D eigenvalue weighted by Crippen LogP contribution is 2.19. The molecule has 4 heteroatoms. The second-order valence-corrected chi connectivity index (χ2v) is 4.06. The first-order valence-corrected chi connectivity index (χ1v) is 5.39. The molecule has 4 nitrogen and oxygen atoms in total. The highest BCUT2D eigenvalue weighted by Gasteiger charge is 2.08. The summed E-state index contributed by atoms with van der Waals surface area (Å²) < 4.78 is 1.87. The molecule has 2 heterocycles. The molecule has 2 rings (SSSR count). The van der Waals surface area contributed by atoms with Gasteiger partial charge in [0.2, 0.25) is 0 Å². The van der Waals surface area contributed by atoms with Crippen LogP contribution in [0, 0.1) is 25.2 Å². The summed E-state index contributed by atoms with van der Waals surface area (Å²) in [4.78, 5) is 4.38. The fraction of sp³-hybridized carbons (Fsp3) is 0.231. The van der Waals surface area contributed by atoms with E-state index in [0.29, 0.717) is 12.2 Å². The third kappa shape index (κ3) is 2.00. The maximum absolute atomic E-state index is 8.94. The standard InChI is InChI=1S/C13H14N4/c1-9-7-16-12(10(2)13(9)15)8-17-5-3-4-11(17)6-14/h3-5,7H,8H2,1-2H3,(H2,15,16). The van der Waals surface area contributed by atoms with Crippen LogP contribution >= 0.6 is 0 Å². The number of rotatable bonds is 2. The molecule has 0 bridgehead atoms. The maximum atomic E-state index is 8.94. The Morgan fingerprint density at radius 3 is 2.94 bits per heavy atom. The third-order valence-corrected chi connectivity index (χ3v) is 2.94. The van der Waals surface area contributed by atoms with Crippen LogP contribution in [0.4, 0.5) is 5.69 Å². The minimum atomic E-state index is 0.576. The number of hydrogen-bond acceptors (Lipinski definition) is 3. The van der Waals surface area contributed by atoms with Gasteiger partial charge in [0.25, 0.3) is 0 Å². The van der Waals surface area contributed by atoms with Crippen LogP contribution in [0.2, 0.25) is 0 Å². The molecule has 0 radical (unpaired) electrons. The van der Waals surface area contributed by atoms with Crippen molar-refractivity contribution in [2.75, 3.05) is 5.73 Å². The normalized spacial score (nSPS) is 10.2. The van der Waals surface area contributed by atoms with Gasteiger partial charge in [0, 0.05) is 18.1 Å². The van der Waals surface area contributed by atoms with Crippen molar-refractivity contribution in [3.05, 3.63) is 47.0 Å². The van der Waals surface area contributed by atoms with E-state index in [2.05, 4.69) is 11.1 Å². The van der Waals surface area contributed by atoms with Crippen molar-refractivity contribution in [3.63, 3.8) is 0 Å². The van der Waals surface area contributed by atoms with Gasteiger partial charge in [0.1, 0.15) is 11.8 Å². The molecular formula is C13H14N4. The monoisotopic (exact) mass is 226 g/mol. The molecule has 2 aromatic rings. The zero-order valence-electron chi connectivity index (χ0n) is 9.94. The van der Waals surface area contributed by atoms with Gasteiger partial charge in [0.05, 0.1) is 12.2 Å². The predicted molar refractivity (Wildman–Crippen MR) is 66.4 cm³/mol. The zero-order valence-corrected chi connectivity index (χ0v) is 9.94. The fourth-order valence-electron chi connectivity index (χ4n) is 1.77. The molecule has 2 N–H and O–H groups in total. The van der Waals surface area contributed by atoms with Crippen LogP contribution in [0.25, 0.3) is 0 Å². The van der Waals surface area contributed by atoms with E-state index in [0.717, 1.165) is 22.5 Å². The summed E-state index contributed by atoms with van der Waals surface area (Å²) in [6, 6.07) is 5.78. The molecular weight excluding hydrogens is 212 g/mol. The number of nitrogens with zero attached hydrogens (tertiary/aromatic N) is 3. The van der Waals surface area contributed by atoms with E-state index >= 15 is 0 Å². The van der Waals surface area contributed by atoms with Crippen molar-refractivity contribution in [1.29, 1.82) is 5.26 Å². The molecule has 0 amide bonds. The molecule has 0 saturated heterocycles. The van der Waals surface area contributed by atoms with Crippen LogP contribution < -0.4 is 5.73 Å². The van der Waals surface area contributed by atoms with Crippen LogP contribution in [0.1, 0.15) is 22.5 Å². The topological polar surface area (TPSA) is 67.6 Å². The molecule has 0 spiro atoms. The number of nitrogens with two attached hydrogens (primary N) is 1. The van der Waals surface area contributed by atoms with Crippen LogP contribution in [-0.2, 0) is 6.54 Å². The number of nitriles is 1. The van der Waals surface area contributed by atoms with Gasteiger partial charge in [-0.05, 0) is 37.1 Å². The Bertz CT molecular complexity index is 590. The summed E-state index contributed by atoms with van der Waals surface area (Å²) in [6.45, 7) is 4.47. The molecule has 0 atom stereocenters. The van der Waals surface area contributed by atoms with Gasteiger partial charge in [-0.15, -0.1) is 0 Å². The van der Waals surface area contributed by atoms with Gasteiger partial charge in [-0.25, -0.2) is 0 Å². The SMILES string of the molecule is Cc1cnc(Cn2cccc2C#N)c(C)c1N. The third-order valence-electron chi connectivity index (χ3n) is 2.94. The minimum absolute atomic E-state index is 0.576. The quantitative estimate of drug-likeness (QED) is 0.851. The molecule has 0 unspecified atom stereocenters. The Hall–Kier alpha value is -2.28. The highest BCUT2D eigenvalue weighted by atomic mass is 15.0. The number of aromatic nitrogens is 2. The Labute approximate surface area is 100 Å². The summed E-state index contributed by atoms with van der Waals surface area (Å²) in [5, 5.41) is 8.94. The van der Waals surface area contributed by atoms with Crippen LogP contribution in [0.15, 0.2) is 24.5 Å². The molecule has 0 aliphatic heterocycles. The van der Waals surface area contributed by atoms with E-state index in [4.69, 9.17) is 11.0 Å². The summed E-state index contributed by atoms with van der Waals surface area (Å²) in [5.74, 6) is 0. The summed E-state index contributed by atoms with van der Waals surface area (Å²) >= 11 is 0. The molecule has 17 heavy (non-hydrogen) atoms. The Morgan fingerprint density at radius 2 is 2.24 bits per heavy atom. The molecule has 0 saturated carbocycles. The van der Waals surface area contributed by atoms with Crippen molar-refractivity contribution >= 4 is 5.69 Å². The number of anilines is 1. The summed E-state index contributed by atoms with van der Waals surface area (Å²) in [7, 11) is 0. The van der Waals surface area contributed by atoms with Crippen molar-refractivity contribution in [2.45, 2.75) is 20.4 Å². The summed E-state index contributed by atoms with van der Waals surface area (Å²) in [5.41, 5.74) is 10.3. The van der Waals surface area contributed by atoms with Crippen LogP contribution in [0.5, 0.6) is 0 Å². The lowest BCUT2D eigenvalue weighted by Gasteiger charge is -2.11. The molecule has 0 aliphatic carbocycles. The van der Waals surface area contributed by atoms with Gasteiger partial charge >= 0.3 is 0 Å². The number of nitrogen functional groups attached to an aromatic ring is 1. The molecule has 0 aromatic carbocycles. The van der Waals surface area contributed by atoms with Crippen LogP contribution in [-0.4, -0.2) is 9.55 Å². The van der Waals surface area contributed by atoms with Gasteiger partial charge < -0.3 is 10.3 Å². The fourth-order valence-corrected chi connectivity index (χ4v) is 1.77. The molecule has 0 aliphatic rings. The first-order chi connectivity index (χ1) is 8.13. The lowest BCUT2D eigenvalue weighted by molar-refractivity contribution is 0.763. The first-order valence-electron chi connectivity index (χ1n) is 5.39. The maximum Gasteiger partial charge on any atom is 0.120 e. The van der Waals surface area contributed by atoms with Crippen molar-refractivity contribution in [1.82, 2.24) is 9.55 Å². The van der Waals surface area contributed by atoms with E-state index in [-0.39, 0.29) is 0 Å². The van der Waals surface area contributed by atoms with E-state index in [9.17, 15) is 0 Å². The van der Waals surface area contributed by atoms with Gasteiger partial charge in [-0.1, -0.05) is 0 Å². The second kappa shape index (κ2) is 4.30. The Kier molecular flexibility index (Phi) is 2.84. The largest absolute Gasteiger partial charge is 0.398 e. The van der Waals surface area contributed by atoms with E-state index in [1.807, 2.05) is 30.7 Å². The molecule has 2 aromatic heterocycles. The number of hydrogen-bond donors (Lipinski definition) is 1. The van der Waals surface area contributed by atoms with E-state index in [1.54, 1.807) is 12.3 Å². The number of aryl methyl sites for hydroxylation is 1. The summed E-state index contributed by atoms with van der Waals surface area (Å²) in [6.07, 6.45) is 3.64. The average molecular weight is 226 g/mol. The minimum Gasteiger partial charge on any atom is -0.398 e. The smallest absolute Gasteiger partial charge is 0.120 e. The molecule has 0 fully saturated rings. The average Bonchev–Trinajstić information content (AvgIpc) is 2.77. The van der Waals surface area contributed by atoms with Crippen molar-refractivity contribution < 1.29 is 0 Å². The Morgan fingerprint density at radius 1 is 1.47 bits per heavy atom. The highest BCUT2D eigenvalue weighted by molar-refractivity contribution is 5.53. The van der Waals surface area contributed by atoms with Crippen LogP contribution in [0.3, 0.4) is 0 Å². The van der Waals surface area contributed by atoms with Crippen molar-refractivity contribution in [3.8, 4) is 6.07 Å². The lowest BCUT2D eigenvalue weighted by atomic mass is 10.1. The number of pyridine rings is 1. The van der Waals surface area contributed by atoms with Crippen molar-refractivity contribution in [2.24, 2.45) is 0 Å². The molecule has 86 valence electrons. The zero-order chi connectivity index (χ0) is 12.4. The van der Waals surface area contributed by atoms with Gasteiger partial charge in [-0.2, -0.15) is 5.26 Å². The lowest BCUT2D eigenvalue weighted by Crippen LogP contribution is -2.07. The van der Waals surface area contributed by atoms with Gasteiger partial charge in [0.15, 0.2) is 0 Å². The predicted octanol–water partition coefficient (Wildman–Crippen LogP) is 2.00. The van der Waals surface area contributed by atoms with Gasteiger partial charge in [-0.3, -0.25) is 4.98 Å².